The van der Waals surface area contributed by atoms with Gasteiger partial charge in [0.25, 0.3) is 0 Å². The number of anilines is 1. The molecule has 3 aromatic rings. The first kappa shape index (κ1) is 12.2. The Labute approximate surface area is 125 Å². The maximum atomic E-state index is 6.05. The second-order valence-electron chi connectivity index (χ2n) is 4.21. The van der Waals surface area contributed by atoms with Gasteiger partial charge in [0.15, 0.2) is 0 Å². The van der Waals surface area contributed by atoms with Crippen LogP contribution in [0.5, 0.6) is 0 Å². The third kappa shape index (κ3) is 2.49. The monoisotopic (exact) mass is 361 g/mol. The predicted octanol–water partition coefficient (Wildman–Crippen LogP) is 3.73. The Morgan fingerprint density at radius 1 is 0.947 bits per heavy atom. The van der Waals surface area contributed by atoms with Crippen LogP contribution in [0.2, 0.25) is 0 Å². The van der Waals surface area contributed by atoms with E-state index in [9.17, 15) is 0 Å². The number of para-hydroxylation sites is 1. The zero-order valence-corrected chi connectivity index (χ0v) is 12.3. The van der Waals surface area contributed by atoms with Gasteiger partial charge in [-0.15, -0.1) is 0 Å². The molecule has 0 bridgehead atoms. The first-order valence-electron chi connectivity index (χ1n) is 5.91. The molecule has 0 amide bonds. The van der Waals surface area contributed by atoms with Gasteiger partial charge >= 0.3 is 0 Å². The van der Waals surface area contributed by atoms with E-state index in [0.717, 1.165) is 16.9 Å². The minimum absolute atomic E-state index is 0.639. The molecule has 1 heterocycles. The lowest BCUT2D eigenvalue weighted by Gasteiger charge is -2.02. The van der Waals surface area contributed by atoms with Crippen LogP contribution in [0.25, 0.3) is 16.9 Å². The Morgan fingerprint density at radius 3 is 2.47 bits per heavy atom. The number of rotatable bonds is 2. The van der Waals surface area contributed by atoms with Crippen LogP contribution in [-0.4, -0.2) is 9.78 Å². The van der Waals surface area contributed by atoms with Crippen molar-refractivity contribution in [2.24, 2.45) is 0 Å². The minimum atomic E-state index is 0.639. The van der Waals surface area contributed by atoms with Gasteiger partial charge in [-0.2, -0.15) is 5.10 Å². The average Bonchev–Trinajstić information content (AvgIpc) is 2.82. The van der Waals surface area contributed by atoms with E-state index in [4.69, 9.17) is 5.73 Å². The summed E-state index contributed by atoms with van der Waals surface area (Å²) in [6.07, 6.45) is 0. The number of aromatic nitrogens is 2. The Bertz CT molecular complexity index is 704. The SMILES string of the molecule is Nc1cc(-c2cccc(I)c2)nn1-c1ccccc1. The van der Waals surface area contributed by atoms with Crippen LogP contribution in [0, 0.1) is 3.57 Å². The van der Waals surface area contributed by atoms with E-state index in [2.05, 4.69) is 39.8 Å². The Kier molecular flexibility index (Phi) is 3.25. The third-order valence-electron chi connectivity index (χ3n) is 2.86. The molecule has 0 saturated heterocycles. The van der Waals surface area contributed by atoms with Crippen molar-refractivity contribution in [1.29, 1.82) is 0 Å². The molecule has 19 heavy (non-hydrogen) atoms. The van der Waals surface area contributed by atoms with Gasteiger partial charge in [-0.25, -0.2) is 4.68 Å². The molecule has 0 spiro atoms. The molecule has 3 nitrogen and oxygen atoms in total. The fourth-order valence-electron chi connectivity index (χ4n) is 1.96. The number of nitrogen functional groups attached to an aromatic ring is 1. The highest BCUT2D eigenvalue weighted by molar-refractivity contribution is 14.1. The fourth-order valence-corrected chi connectivity index (χ4v) is 2.50. The van der Waals surface area contributed by atoms with Crippen LogP contribution < -0.4 is 5.73 Å². The maximum absolute atomic E-state index is 6.05. The van der Waals surface area contributed by atoms with Crippen molar-refractivity contribution >= 4 is 28.4 Å². The van der Waals surface area contributed by atoms with Gasteiger partial charge in [0.2, 0.25) is 0 Å². The van der Waals surface area contributed by atoms with Crippen molar-refractivity contribution < 1.29 is 0 Å². The van der Waals surface area contributed by atoms with Gasteiger partial charge in [-0.05, 0) is 46.9 Å². The van der Waals surface area contributed by atoms with Crippen LogP contribution in [0.3, 0.4) is 0 Å². The Morgan fingerprint density at radius 2 is 1.74 bits per heavy atom. The molecule has 0 aliphatic heterocycles. The van der Waals surface area contributed by atoms with E-state index in [1.165, 1.54) is 3.57 Å². The first-order valence-corrected chi connectivity index (χ1v) is 6.99. The number of benzene rings is 2. The van der Waals surface area contributed by atoms with Crippen molar-refractivity contribution in [1.82, 2.24) is 9.78 Å². The van der Waals surface area contributed by atoms with Crippen LogP contribution in [0.4, 0.5) is 5.82 Å². The summed E-state index contributed by atoms with van der Waals surface area (Å²) >= 11 is 2.29. The zero-order valence-electron chi connectivity index (χ0n) is 10.1. The molecular weight excluding hydrogens is 349 g/mol. The molecule has 94 valence electrons. The Balaban J connectivity index is 2.07. The van der Waals surface area contributed by atoms with Gasteiger partial charge in [-0.1, -0.05) is 30.3 Å². The topological polar surface area (TPSA) is 43.8 Å². The molecule has 2 aromatic carbocycles. The summed E-state index contributed by atoms with van der Waals surface area (Å²) in [5, 5.41) is 4.58. The normalized spacial score (nSPS) is 10.6. The maximum Gasteiger partial charge on any atom is 0.127 e. The second kappa shape index (κ2) is 5.05. The molecule has 0 aliphatic carbocycles. The molecule has 0 atom stereocenters. The highest BCUT2D eigenvalue weighted by atomic mass is 127. The summed E-state index contributed by atoms with van der Waals surface area (Å²) in [6.45, 7) is 0. The quantitative estimate of drug-likeness (QED) is 0.707. The summed E-state index contributed by atoms with van der Waals surface area (Å²) in [5.41, 5.74) is 8.98. The molecule has 0 fully saturated rings. The number of halogens is 1. The van der Waals surface area contributed by atoms with Gasteiger partial charge in [0.1, 0.15) is 5.82 Å². The molecule has 2 N–H and O–H groups in total. The molecule has 0 saturated carbocycles. The second-order valence-corrected chi connectivity index (χ2v) is 5.46. The van der Waals surface area contributed by atoms with Gasteiger partial charge in [0.05, 0.1) is 11.4 Å². The number of hydrogen-bond acceptors (Lipinski definition) is 2. The minimum Gasteiger partial charge on any atom is -0.384 e. The summed E-state index contributed by atoms with van der Waals surface area (Å²) < 4.78 is 2.94. The lowest BCUT2D eigenvalue weighted by molar-refractivity contribution is 0.895. The van der Waals surface area contributed by atoms with E-state index in [0.29, 0.717) is 5.82 Å². The average molecular weight is 361 g/mol. The highest BCUT2D eigenvalue weighted by Crippen LogP contribution is 2.24. The fraction of sp³-hybridized carbons (Fsp3) is 0. The standard InChI is InChI=1S/C15H12IN3/c16-12-6-4-5-11(9-12)14-10-15(17)19(18-14)13-7-2-1-3-8-13/h1-10H,17H2. The summed E-state index contributed by atoms with van der Waals surface area (Å²) in [6, 6.07) is 20.0. The highest BCUT2D eigenvalue weighted by Gasteiger charge is 2.08. The van der Waals surface area contributed by atoms with E-state index in [-0.39, 0.29) is 0 Å². The molecular formula is C15H12IN3. The van der Waals surface area contributed by atoms with Crippen molar-refractivity contribution in [2.75, 3.05) is 5.73 Å². The lowest BCUT2D eigenvalue weighted by Crippen LogP contribution is -2.01. The van der Waals surface area contributed by atoms with Gasteiger partial charge < -0.3 is 5.73 Å². The molecule has 4 heteroatoms. The van der Waals surface area contributed by atoms with Crippen LogP contribution in [0.1, 0.15) is 0 Å². The van der Waals surface area contributed by atoms with Crippen LogP contribution in [-0.2, 0) is 0 Å². The van der Waals surface area contributed by atoms with Crippen molar-refractivity contribution in [3.63, 3.8) is 0 Å². The molecule has 0 aliphatic rings. The zero-order chi connectivity index (χ0) is 13.2. The van der Waals surface area contributed by atoms with E-state index >= 15 is 0 Å². The van der Waals surface area contributed by atoms with Crippen LogP contribution in [0.15, 0.2) is 60.7 Å². The van der Waals surface area contributed by atoms with Crippen molar-refractivity contribution in [2.45, 2.75) is 0 Å². The molecule has 0 unspecified atom stereocenters. The lowest BCUT2D eigenvalue weighted by atomic mass is 10.2. The van der Waals surface area contributed by atoms with Crippen molar-refractivity contribution in [3.05, 3.63) is 64.2 Å². The van der Waals surface area contributed by atoms with Gasteiger partial charge in [0, 0.05) is 15.2 Å². The van der Waals surface area contributed by atoms with Gasteiger partial charge in [-0.3, -0.25) is 0 Å². The van der Waals surface area contributed by atoms with E-state index in [1.807, 2.05) is 48.5 Å². The first-order chi connectivity index (χ1) is 9.24. The number of hydrogen-bond donors (Lipinski definition) is 1. The number of nitrogens with zero attached hydrogens (tertiary/aromatic N) is 2. The summed E-state index contributed by atoms with van der Waals surface area (Å²) in [5.74, 6) is 0.639. The largest absolute Gasteiger partial charge is 0.384 e. The molecule has 0 radical (unpaired) electrons. The summed E-state index contributed by atoms with van der Waals surface area (Å²) in [7, 11) is 0. The molecule has 3 rings (SSSR count). The Hall–Kier alpha value is -1.82. The van der Waals surface area contributed by atoms with Crippen molar-refractivity contribution in [3.8, 4) is 16.9 Å². The third-order valence-corrected chi connectivity index (χ3v) is 3.53. The number of nitrogens with two attached hydrogens (primary N) is 1. The predicted molar refractivity (Wildman–Crippen MR) is 86.1 cm³/mol. The molecule has 1 aromatic heterocycles. The summed E-state index contributed by atoms with van der Waals surface area (Å²) in [4.78, 5) is 0. The van der Waals surface area contributed by atoms with Crippen LogP contribution >= 0.6 is 22.6 Å². The smallest absolute Gasteiger partial charge is 0.127 e. The van der Waals surface area contributed by atoms with E-state index < -0.39 is 0 Å². The van der Waals surface area contributed by atoms with E-state index in [1.54, 1.807) is 4.68 Å².